The second-order valence-electron chi connectivity index (χ2n) is 13.6. The van der Waals surface area contributed by atoms with Crippen molar-refractivity contribution in [2.24, 2.45) is 0 Å². The fourth-order valence-corrected chi connectivity index (χ4v) is 7.10. The second kappa shape index (κ2) is 12.2. The van der Waals surface area contributed by atoms with Crippen LogP contribution < -0.4 is 10.2 Å². The van der Waals surface area contributed by atoms with Crippen molar-refractivity contribution in [3.8, 4) is 0 Å². The molecule has 3 saturated heterocycles. The number of fused-ring (bicyclic) bond motifs is 1. The molecule has 242 valence electrons. The first kappa shape index (κ1) is 31.2. The minimum absolute atomic E-state index is 0.0801. The Kier molecular flexibility index (Phi) is 8.47. The smallest absolute Gasteiger partial charge is 0.410 e. The molecule has 4 heterocycles. The summed E-state index contributed by atoms with van der Waals surface area (Å²) in [6, 6.07) is 3.01. The molecule has 5 amide bonds. The largest absolute Gasteiger partial charge is 0.444 e. The van der Waals surface area contributed by atoms with E-state index in [9.17, 15) is 24.0 Å². The average Bonchev–Trinajstić information content (AvgIpc) is 3.23. The molecular weight excluding hydrogens is 578 g/mol. The van der Waals surface area contributed by atoms with Crippen LogP contribution in [-0.2, 0) is 19.1 Å². The Labute approximate surface area is 263 Å². The summed E-state index contributed by atoms with van der Waals surface area (Å²) in [4.78, 5) is 70.7. The number of benzene rings is 1. The Bertz CT molecular complexity index is 1400. The Hall–Kier alpha value is -3.77. The van der Waals surface area contributed by atoms with Crippen molar-refractivity contribution in [3.05, 3.63) is 35.4 Å². The maximum atomic E-state index is 13.5. The van der Waals surface area contributed by atoms with Crippen LogP contribution in [0.3, 0.4) is 0 Å². The lowest BCUT2D eigenvalue weighted by Crippen LogP contribution is -2.56. The molecule has 45 heavy (non-hydrogen) atoms. The highest BCUT2D eigenvalue weighted by atomic mass is 16.6. The number of hydrogen-bond acceptors (Lipinski definition) is 9. The first-order chi connectivity index (χ1) is 21.4. The van der Waals surface area contributed by atoms with Gasteiger partial charge in [0, 0.05) is 63.0 Å². The van der Waals surface area contributed by atoms with Crippen LogP contribution in [0.1, 0.15) is 85.6 Å². The molecule has 6 rings (SSSR count). The van der Waals surface area contributed by atoms with E-state index in [1.165, 1.54) is 0 Å². The second-order valence-corrected chi connectivity index (χ2v) is 13.6. The van der Waals surface area contributed by atoms with Crippen molar-refractivity contribution < 1.29 is 33.4 Å². The van der Waals surface area contributed by atoms with Gasteiger partial charge in [0.15, 0.2) is 0 Å². The summed E-state index contributed by atoms with van der Waals surface area (Å²) in [5.41, 5.74) is 1.49. The van der Waals surface area contributed by atoms with Crippen LogP contribution in [0.5, 0.6) is 0 Å². The van der Waals surface area contributed by atoms with Gasteiger partial charge in [-0.25, -0.2) is 4.79 Å². The summed E-state index contributed by atoms with van der Waals surface area (Å²) in [5.74, 6) is -2.05. The van der Waals surface area contributed by atoms with E-state index >= 15 is 0 Å². The SMILES string of the molecule is C=Cc1c(N2CCN(C3CC(OC4CCN(C(=O)OC(C)(C)C)CC4)C3)CC2)ccc2c1C(=O)N(C1CCC(=O)NC1=O)C2=O. The van der Waals surface area contributed by atoms with Gasteiger partial charge in [-0.3, -0.25) is 34.3 Å². The Morgan fingerprint density at radius 2 is 1.62 bits per heavy atom. The van der Waals surface area contributed by atoms with Crippen molar-refractivity contribution in [3.63, 3.8) is 0 Å². The molecule has 0 aromatic heterocycles. The monoisotopic (exact) mass is 621 g/mol. The lowest BCUT2D eigenvalue weighted by Gasteiger charge is -2.48. The first-order valence-corrected chi connectivity index (χ1v) is 16.1. The third-order valence-electron chi connectivity index (χ3n) is 9.55. The average molecular weight is 622 g/mol. The summed E-state index contributed by atoms with van der Waals surface area (Å²) >= 11 is 0. The predicted octanol–water partition coefficient (Wildman–Crippen LogP) is 2.80. The number of nitrogens with zero attached hydrogens (tertiary/aromatic N) is 4. The predicted molar refractivity (Wildman–Crippen MR) is 166 cm³/mol. The van der Waals surface area contributed by atoms with Gasteiger partial charge in [-0.2, -0.15) is 0 Å². The lowest BCUT2D eigenvalue weighted by atomic mass is 9.87. The molecule has 1 aliphatic carbocycles. The van der Waals surface area contributed by atoms with Crippen LogP contribution in [0, 0.1) is 0 Å². The topological polar surface area (TPSA) is 129 Å². The molecule has 1 saturated carbocycles. The van der Waals surface area contributed by atoms with Gasteiger partial charge < -0.3 is 19.3 Å². The number of carbonyl (C=O) groups is 5. The van der Waals surface area contributed by atoms with Crippen molar-refractivity contribution >= 4 is 41.5 Å². The van der Waals surface area contributed by atoms with E-state index < -0.39 is 35.3 Å². The van der Waals surface area contributed by atoms with Crippen molar-refractivity contribution in [2.75, 3.05) is 44.2 Å². The van der Waals surface area contributed by atoms with Crippen LogP contribution in [0.25, 0.3) is 6.08 Å². The fraction of sp³-hybridized carbons (Fsp3) is 0.606. The van der Waals surface area contributed by atoms with E-state index in [-0.39, 0.29) is 42.3 Å². The number of hydrogen-bond donors (Lipinski definition) is 1. The van der Waals surface area contributed by atoms with Crippen molar-refractivity contribution in [1.82, 2.24) is 20.0 Å². The van der Waals surface area contributed by atoms with E-state index in [4.69, 9.17) is 9.47 Å². The molecular formula is C33H43N5O7. The summed E-state index contributed by atoms with van der Waals surface area (Å²) < 4.78 is 11.9. The van der Waals surface area contributed by atoms with Crippen molar-refractivity contribution in [2.45, 2.75) is 89.2 Å². The van der Waals surface area contributed by atoms with Crippen LogP contribution >= 0.6 is 0 Å². The van der Waals surface area contributed by atoms with Crippen molar-refractivity contribution in [1.29, 1.82) is 0 Å². The zero-order valence-corrected chi connectivity index (χ0v) is 26.4. The quantitative estimate of drug-likeness (QED) is 0.477. The minimum atomic E-state index is -1.000. The molecule has 1 aromatic rings. The number of anilines is 1. The van der Waals surface area contributed by atoms with Gasteiger partial charge in [-0.05, 0) is 65.0 Å². The summed E-state index contributed by atoms with van der Waals surface area (Å²) in [6.45, 7) is 14.2. The molecule has 4 fully saturated rings. The molecule has 1 unspecified atom stereocenters. The third kappa shape index (κ3) is 6.22. The Balaban J connectivity index is 1.000. The van der Waals surface area contributed by atoms with Gasteiger partial charge in [-0.1, -0.05) is 12.7 Å². The maximum absolute atomic E-state index is 13.5. The first-order valence-electron chi connectivity index (χ1n) is 16.1. The van der Waals surface area contributed by atoms with Crippen LogP contribution in [0.2, 0.25) is 0 Å². The molecule has 1 aromatic carbocycles. The van der Waals surface area contributed by atoms with Gasteiger partial charge in [0.1, 0.15) is 11.6 Å². The zero-order chi connectivity index (χ0) is 32.0. The molecule has 0 radical (unpaired) electrons. The standard InChI is InChI=1S/C33H43N5O7/c1-5-23-25(7-6-24-28(23)31(42)38(30(24)41)26-8-9-27(39)34-29(26)40)36-16-14-35(15-17-36)20-18-22(19-20)44-21-10-12-37(13-11-21)32(43)45-33(2,3)4/h5-7,20-22,26H,1,8-19H2,2-4H3,(H,34,39,40). The number of piperidine rings is 2. The molecule has 0 bridgehead atoms. The van der Waals surface area contributed by atoms with Crippen LogP contribution in [0.15, 0.2) is 18.7 Å². The highest BCUT2D eigenvalue weighted by Gasteiger charge is 2.46. The highest BCUT2D eigenvalue weighted by Crippen LogP contribution is 2.37. The molecule has 1 atom stereocenters. The van der Waals surface area contributed by atoms with Gasteiger partial charge in [0.05, 0.1) is 23.3 Å². The maximum Gasteiger partial charge on any atom is 0.410 e. The number of likely N-dealkylation sites (tertiary alicyclic amines) is 1. The van der Waals surface area contributed by atoms with E-state index in [1.54, 1.807) is 17.0 Å². The molecule has 4 aliphatic heterocycles. The third-order valence-corrected chi connectivity index (χ3v) is 9.55. The summed E-state index contributed by atoms with van der Waals surface area (Å²) in [6.07, 6.45) is 5.62. The van der Waals surface area contributed by atoms with E-state index in [2.05, 4.69) is 21.7 Å². The number of amides is 5. The Morgan fingerprint density at radius 1 is 0.933 bits per heavy atom. The number of imide groups is 2. The molecule has 1 N–H and O–H groups in total. The molecule has 0 spiro atoms. The van der Waals surface area contributed by atoms with Gasteiger partial charge in [0.25, 0.3) is 11.8 Å². The summed E-state index contributed by atoms with van der Waals surface area (Å²) in [5, 5.41) is 2.24. The Morgan fingerprint density at radius 3 is 2.24 bits per heavy atom. The minimum Gasteiger partial charge on any atom is -0.444 e. The van der Waals surface area contributed by atoms with Gasteiger partial charge >= 0.3 is 6.09 Å². The number of carbonyl (C=O) groups excluding carboxylic acids is 5. The normalized spacial score (nSPS) is 26.5. The molecule has 12 heteroatoms. The number of nitrogens with one attached hydrogen (secondary N) is 1. The van der Waals surface area contributed by atoms with Gasteiger partial charge in [-0.15, -0.1) is 0 Å². The van der Waals surface area contributed by atoms with Crippen LogP contribution in [-0.4, -0.2) is 114 Å². The zero-order valence-electron chi connectivity index (χ0n) is 26.4. The number of ether oxygens (including phenoxy) is 2. The summed E-state index contributed by atoms with van der Waals surface area (Å²) in [7, 11) is 0. The van der Waals surface area contributed by atoms with E-state index in [0.29, 0.717) is 24.7 Å². The van der Waals surface area contributed by atoms with Gasteiger partial charge in [0.2, 0.25) is 11.8 Å². The van der Waals surface area contributed by atoms with E-state index in [1.807, 2.05) is 26.8 Å². The number of rotatable bonds is 6. The van der Waals surface area contributed by atoms with E-state index in [0.717, 1.165) is 62.4 Å². The number of piperazine rings is 1. The molecule has 12 nitrogen and oxygen atoms in total. The fourth-order valence-electron chi connectivity index (χ4n) is 7.10. The lowest BCUT2D eigenvalue weighted by molar-refractivity contribution is -0.136. The van der Waals surface area contributed by atoms with Crippen LogP contribution in [0.4, 0.5) is 10.5 Å². The highest BCUT2D eigenvalue weighted by molar-refractivity contribution is 6.25. The molecule has 5 aliphatic rings.